The van der Waals surface area contributed by atoms with Crippen LogP contribution >= 0.6 is 0 Å². The second-order valence-electron chi connectivity index (χ2n) is 7.14. The topological polar surface area (TPSA) is 84.9 Å². The predicted molar refractivity (Wildman–Crippen MR) is 116 cm³/mol. The molecule has 1 saturated heterocycles. The second-order valence-corrected chi connectivity index (χ2v) is 9.04. The van der Waals surface area contributed by atoms with Crippen LogP contribution in [0.15, 0.2) is 47.4 Å². The van der Waals surface area contributed by atoms with Gasteiger partial charge in [-0.1, -0.05) is 25.5 Å². The number of nitrogens with zero attached hydrogens (tertiary/aromatic N) is 1. The van der Waals surface area contributed by atoms with Crippen LogP contribution in [0.3, 0.4) is 0 Å². The number of carbonyl (C=O) groups excluding carboxylic acids is 1. The van der Waals surface area contributed by atoms with Gasteiger partial charge in [-0.05, 0) is 48.7 Å². The van der Waals surface area contributed by atoms with Crippen molar-refractivity contribution < 1.29 is 22.7 Å². The number of amides is 1. The van der Waals surface area contributed by atoms with E-state index in [0.29, 0.717) is 18.9 Å². The Morgan fingerprint density at radius 1 is 1.13 bits per heavy atom. The van der Waals surface area contributed by atoms with Gasteiger partial charge < -0.3 is 14.8 Å². The molecule has 1 aliphatic heterocycles. The fourth-order valence-corrected chi connectivity index (χ4v) is 4.87. The second kappa shape index (κ2) is 10.1. The number of morpholine rings is 1. The van der Waals surface area contributed by atoms with Crippen molar-refractivity contribution in [1.29, 1.82) is 0 Å². The average Bonchev–Trinajstić information content (AvgIpc) is 2.78. The van der Waals surface area contributed by atoms with Crippen molar-refractivity contribution in [3.8, 4) is 5.75 Å². The Balaban J connectivity index is 1.80. The molecule has 0 radical (unpaired) electrons. The summed E-state index contributed by atoms with van der Waals surface area (Å²) in [7, 11) is -2.39. The van der Waals surface area contributed by atoms with E-state index in [2.05, 4.69) is 12.2 Å². The molecule has 0 saturated carbocycles. The Bertz CT molecular complexity index is 968. The molecule has 8 heteroatoms. The quantitative estimate of drug-likeness (QED) is 0.692. The molecule has 1 heterocycles. The van der Waals surface area contributed by atoms with Gasteiger partial charge in [0.1, 0.15) is 10.6 Å². The van der Waals surface area contributed by atoms with Gasteiger partial charge in [-0.3, -0.25) is 4.79 Å². The predicted octanol–water partition coefficient (Wildman–Crippen LogP) is 3.31. The first-order valence-electron chi connectivity index (χ1n) is 10.1. The highest BCUT2D eigenvalue weighted by Crippen LogP contribution is 2.29. The molecule has 30 heavy (non-hydrogen) atoms. The molecule has 162 valence electrons. The van der Waals surface area contributed by atoms with Gasteiger partial charge in [0.15, 0.2) is 0 Å². The van der Waals surface area contributed by atoms with E-state index in [-0.39, 0.29) is 35.2 Å². The van der Waals surface area contributed by atoms with Crippen molar-refractivity contribution in [3.05, 3.63) is 53.6 Å². The van der Waals surface area contributed by atoms with Gasteiger partial charge in [0.05, 0.1) is 20.3 Å². The van der Waals surface area contributed by atoms with Gasteiger partial charge in [0.2, 0.25) is 10.0 Å². The lowest BCUT2D eigenvalue weighted by Gasteiger charge is -2.26. The summed E-state index contributed by atoms with van der Waals surface area (Å²) in [6.07, 6.45) is 3.26. The maximum absolute atomic E-state index is 13.1. The van der Waals surface area contributed by atoms with E-state index in [4.69, 9.17) is 9.47 Å². The van der Waals surface area contributed by atoms with E-state index in [1.54, 1.807) is 6.07 Å². The van der Waals surface area contributed by atoms with Crippen LogP contribution in [0.25, 0.3) is 0 Å². The number of hydrogen-bond donors (Lipinski definition) is 1. The number of aryl methyl sites for hydroxylation is 1. The minimum atomic E-state index is -3.80. The van der Waals surface area contributed by atoms with Crippen LogP contribution in [0, 0.1) is 0 Å². The normalized spacial score (nSPS) is 15.0. The summed E-state index contributed by atoms with van der Waals surface area (Å²) in [5.41, 5.74) is 2.13. The molecule has 0 unspecified atom stereocenters. The van der Waals surface area contributed by atoms with Crippen molar-refractivity contribution in [1.82, 2.24) is 4.31 Å². The van der Waals surface area contributed by atoms with E-state index >= 15 is 0 Å². The summed E-state index contributed by atoms with van der Waals surface area (Å²) in [5.74, 6) is -0.171. The number of hydrogen-bond acceptors (Lipinski definition) is 5. The number of nitrogens with one attached hydrogen (secondary N) is 1. The minimum Gasteiger partial charge on any atom is -0.495 e. The average molecular weight is 433 g/mol. The summed E-state index contributed by atoms with van der Waals surface area (Å²) < 4.78 is 38.0. The molecule has 0 aromatic heterocycles. The number of ether oxygens (including phenoxy) is 2. The Morgan fingerprint density at radius 2 is 1.83 bits per heavy atom. The molecule has 0 spiro atoms. The zero-order chi connectivity index (χ0) is 21.6. The first kappa shape index (κ1) is 22.3. The molecule has 1 amide bonds. The van der Waals surface area contributed by atoms with Crippen LogP contribution in [0.4, 0.5) is 5.69 Å². The maximum Gasteiger partial charge on any atom is 0.255 e. The van der Waals surface area contributed by atoms with Gasteiger partial charge in [0.25, 0.3) is 5.91 Å². The summed E-state index contributed by atoms with van der Waals surface area (Å²) in [6.45, 7) is 3.38. The first-order chi connectivity index (χ1) is 14.5. The number of sulfonamides is 1. The number of benzene rings is 2. The van der Waals surface area contributed by atoms with Gasteiger partial charge in [0, 0.05) is 24.3 Å². The zero-order valence-electron chi connectivity index (χ0n) is 17.4. The zero-order valence-corrected chi connectivity index (χ0v) is 18.2. The highest BCUT2D eigenvalue weighted by Gasteiger charge is 2.30. The summed E-state index contributed by atoms with van der Waals surface area (Å²) in [4.78, 5) is 12.7. The molecule has 0 aliphatic carbocycles. The monoisotopic (exact) mass is 432 g/mol. The third kappa shape index (κ3) is 5.19. The molecule has 1 aliphatic rings. The maximum atomic E-state index is 13.1. The fraction of sp³-hybridized carbons (Fsp3) is 0.409. The molecule has 7 nitrogen and oxygen atoms in total. The van der Waals surface area contributed by atoms with Gasteiger partial charge >= 0.3 is 0 Å². The highest BCUT2D eigenvalue weighted by atomic mass is 32.2. The largest absolute Gasteiger partial charge is 0.495 e. The third-order valence-electron chi connectivity index (χ3n) is 5.04. The smallest absolute Gasteiger partial charge is 0.255 e. The lowest BCUT2D eigenvalue weighted by Crippen LogP contribution is -2.40. The van der Waals surface area contributed by atoms with E-state index in [9.17, 15) is 13.2 Å². The standard InChI is InChI=1S/C22H28N2O5S/c1-3-4-5-17-6-9-19(10-7-17)23-22(25)18-8-11-20(28-2)21(16-18)30(26,27)24-12-14-29-15-13-24/h6-11,16H,3-5,12-15H2,1-2H3,(H,23,25). The number of anilines is 1. The molecule has 1 fully saturated rings. The van der Waals surface area contributed by atoms with Gasteiger partial charge in [-0.2, -0.15) is 4.31 Å². The Kier molecular flexibility index (Phi) is 7.47. The Hall–Kier alpha value is -2.42. The van der Waals surface area contributed by atoms with Crippen LogP contribution in [-0.2, 0) is 21.2 Å². The van der Waals surface area contributed by atoms with Gasteiger partial charge in [-0.15, -0.1) is 0 Å². The molecule has 0 atom stereocenters. The number of rotatable bonds is 8. The third-order valence-corrected chi connectivity index (χ3v) is 6.96. The van der Waals surface area contributed by atoms with E-state index in [1.807, 2.05) is 24.3 Å². The van der Waals surface area contributed by atoms with Crippen LogP contribution in [0.2, 0.25) is 0 Å². The van der Waals surface area contributed by atoms with Crippen LogP contribution in [0.1, 0.15) is 35.7 Å². The van der Waals surface area contributed by atoms with Crippen LogP contribution in [-0.4, -0.2) is 52.0 Å². The van der Waals surface area contributed by atoms with Crippen molar-refractivity contribution in [2.45, 2.75) is 31.1 Å². The van der Waals surface area contributed by atoms with Crippen LogP contribution in [0.5, 0.6) is 5.75 Å². The van der Waals surface area contributed by atoms with Crippen molar-refractivity contribution >= 4 is 21.6 Å². The molecule has 0 bridgehead atoms. The summed E-state index contributed by atoms with van der Waals surface area (Å²) in [5, 5.41) is 2.83. The first-order valence-corrected chi connectivity index (χ1v) is 11.6. The molecule has 2 aromatic rings. The fourth-order valence-electron chi connectivity index (χ4n) is 3.28. The lowest BCUT2D eigenvalue weighted by molar-refractivity contribution is 0.0729. The van der Waals surface area contributed by atoms with E-state index in [0.717, 1.165) is 19.3 Å². The van der Waals surface area contributed by atoms with Crippen molar-refractivity contribution in [2.75, 3.05) is 38.7 Å². The molecule has 3 rings (SSSR count). The summed E-state index contributed by atoms with van der Waals surface area (Å²) >= 11 is 0. The number of unbranched alkanes of at least 4 members (excludes halogenated alkanes) is 1. The van der Waals surface area contributed by atoms with Gasteiger partial charge in [-0.25, -0.2) is 8.42 Å². The number of methoxy groups -OCH3 is 1. The van der Waals surface area contributed by atoms with E-state index < -0.39 is 10.0 Å². The molecular formula is C22H28N2O5S. The number of carbonyl (C=O) groups is 1. The SMILES string of the molecule is CCCCc1ccc(NC(=O)c2ccc(OC)c(S(=O)(=O)N3CCOCC3)c2)cc1. The van der Waals surface area contributed by atoms with E-state index in [1.165, 1.54) is 29.1 Å². The summed E-state index contributed by atoms with van der Waals surface area (Å²) in [6, 6.07) is 12.1. The Morgan fingerprint density at radius 3 is 2.47 bits per heavy atom. The van der Waals surface area contributed by atoms with Crippen molar-refractivity contribution in [2.24, 2.45) is 0 Å². The minimum absolute atomic E-state index is 0.0190. The molecule has 2 aromatic carbocycles. The lowest BCUT2D eigenvalue weighted by atomic mass is 10.1. The molecule has 1 N–H and O–H groups in total. The highest BCUT2D eigenvalue weighted by molar-refractivity contribution is 7.89. The molecular weight excluding hydrogens is 404 g/mol. The Labute approximate surface area is 178 Å². The van der Waals surface area contributed by atoms with Crippen molar-refractivity contribution in [3.63, 3.8) is 0 Å². The van der Waals surface area contributed by atoms with Crippen LogP contribution < -0.4 is 10.1 Å².